The normalized spacial score (nSPS) is 10.0. The zero-order chi connectivity index (χ0) is 15.4. The van der Waals surface area contributed by atoms with Crippen molar-refractivity contribution in [2.24, 2.45) is 0 Å². The second kappa shape index (κ2) is 6.04. The minimum Gasteiger partial charge on any atom is -0.507 e. The molecule has 0 aliphatic carbocycles. The van der Waals surface area contributed by atoms with Gasteiger partial charge in [0.2, 0.25) is 0 Å². The number of hydrogen-bond donors (Lipinski definition) is 2. The zero-order valence-electron chi connectivity index (χ0n) is 11.1. The lowest BCUT2D eigenvalue weighted by atomic mass is 10.1. The van der Waals surface area contributed by atoms with Gasteiger partial charge in [-0.05, 0) is 36.4 Å². The Kier molecular flexibility index (Phi) is 4.18. The molecule has 21 heavy (non-hydrogen) atoms. The molecule has 0 bridgehead atoms. The van der Waals surface area contributed by atoms with E-state index >= 15 is 0 Å². The van der Waals surface area contributed by atoms with E-state index in [2.05, 4.69) is 10.1 Å². The number of halogens is 1. The molecular weight excluding hydrogens is 277 g/mol. The number of carbonyl (C=O) groups is 2. The van der Waals surface area contributed by atoms with Crippen LogP contribution in [0, 0.1) is 5.82 Å². The monoisotopic (exact) mass is 289 g/mol. The molecule has 108 valence electrons. The minimum atomic E-state index is -0.686. The van der Waals surface area contributed by atoms with Crippen LogP contribution in [0.5, 0.6) is 5.75 Å². The van der Waals surface area contributed by atoms with Crippen molar-refractivity contribution < 1.29 is 23.8 Å². The van der Waals surface area contributed by atoms with E-state index in [-0.39, 0.29) is 16.9 Å². The lowest BCUT2D eigenvalue weighted by molar-refractivity contribution is 0.0600. The summed E-state index contributed by atoms with van der Waals surface area (Å²) < 4.78 is 17.7. The molecule has 2 aromatic rings. The van der Waals surface area contributed by atoms with Gasteiger partial charge in [-0.3, -0.25) is 4.79 Å². The molecule has 2 aromatic carbocycles. The molecule has 0 heterocycles. The molecule has 0 saturated heterocycles. The van der Waals surface area contributed by atoms with Crippen LogP contribution >= 0.6 is 0 Å². The Hall–Kier alpha value is -2.89. The van der Waals surface area contributed by atoms with E-state index in [9.17, 15) is 19.1 Å². The van der Waals surface area contributed by atoms with Crippen LogP contribution in [0.1, 0.15) is 20.7 Å². The average molecular weight is 289 g/mol. The Morgan fingerprint density at radius 1 is 1.19 bits per heavy atom. The number of carbonyl (C=O) groups excluding carboxylic acids is 2. The van der Waals surface area contributed by atoms with Crippen molar-refractivity contribution in [3.8, 4) is 5.75 Å². The third-order valence-corrected chi connectivity index (χ3v) is 2.74. The molecule has 0 aliphatic heterocycles. The van der Waals surface area contributed by atoms with Gasteiger partial charge in [0, 0.05) is 5.69 Å². The first-order valence-corrected chi connectivity index (χ1v) is 5.99. The summed E-state index contributed by atoms with van der Waals surface area (Å²) in [4.78, 5) is 23.4. The summed E-state index contributed by atoms with van der Waals surface area (Å²) >= 11 is 0. The molecule has 2 N–H and O–H groups in total. The minimum absolute atomic E-state index is 0.196. The summed E-state index contributed by atoms with van der Waals surface area (Å²) in [5, 5.41) is 12.0. The number of amides is 1. The van der Waals surface area contributed by atoms with Crippen molar-refractivity contribution in [3.63, 3.8) is 0 Å². The van der Waals surface area contributed by atoms with Crippen molar-refractivity contribution >= 4 is 17.6 Å². The Bertz CT molecular complexity index is 700. The predicted molar refractivity (Wildman–Crippen MR) is 73.8 cm³/mol. The van der Waals surface area contributed by atoms with Gasteiger partial charge < -0.3 is 15.2 Å². The van der Waals surface area contributed by atoms with Crippen LogP contribution in [0.4, 0.5) is 10.1 Å². The van der Waals surface area contributed by atoms with Crippen molar-refractivity contribution in [2.45, 2.75) is 0 Å². The Balaban J connectivity index is 2.23. The summed E-state index contributed by atoms with van der Waals surface area (Å²) in [5.41, 5.74) is 0.392. The highest BCUT2D eigenvalue weighted by atomic mass is 19.1. The van der Waals surface area contributed by atoms with E-state index in [1.807, 2.05) is 0 Å². The third kappa shape index (κ3) is 3.36. The van der Waals surface area contributed by atoms with Gasteiger partial charge in [0.25, 0.3) is 5.91 Å². The summed E-state index contributed by atoms with van der Waals surface area (Å²) in [6.45, 7) is 0. The number of anilines is 1. The number of ether oxygens (including phenoxy) is 1. The van der Waals surface area contributed by atoms with Gasteiger partial charge >= 0.3 is 5.97 Å². The van der Waals surface area contributed by atoms with Crippen LogP contribution in [0.3, 0.4) is 0 Å². The number of esters is 1. The predicted octanol–water partition coefficient (Wildman–Crippen LogP) is 2.57. The first-order chi connectivity index (χ1) is 10.0. The summed E-state index contributed by atoms with van der Waals surface area (Å²) in [6.07, 6.45) is 0. The lowest BCUT2D eigenvalue weighted by Crippen LogP contribution is -2.13. The highest BCUT2D eigenvalue weighted by molar-refractivity contribution is 6.06. The number of benzene rings is 2. The maximum absolute atomic E-state index is 13.1. The highest BCUT2D eigenvalue weighted by Crippen LogP contribution is 2.20. The molecule has 0 unspecified atom stereocenters. The van der Waals surface area contributed by atoms with Gasteiger partial charge in [0.1, 0.15) is 11.6 Å². The van der Waals surface area contributed by atoms with E-state index < -0.39 is 17.7 Å². The number of phenols is 1. The van der Waals surface area contributed by atoms with E-state index in [0.29, 0.717) is 5.69 Å². The Morgan fingerprint density at radius 3 is 2.67 bits per heavy atom. The molecule has 0 aliphatic rings. The van der Waals surface area contributed by atoms with E-state index in [0.717, 1.165) is 18.2 Å². The smallest absolute Gasteiger partial charge is 0.337 e. The maximum Gasteiger partial charge on any atom is 0.337 e. The van der Waals surface area contributed by atoms with Crippen molar-refractivity contribution in [2.75, 3.05) is 12.4 Å². The maximum atomic E-state index is 13.1. The number of methoxy groups -OCH3 is 1. The van der Waals surface area contributed by atoms with Gasteiger partial charge in [-0.2, -0.15) is 0 Å². The molecule has 0 atom stereocenters. The molecule has 0 aromatic heterocycles. The van der Waals surface area contributed by atoms with Crippen molar-refractivity contribution in [3.05, 3.63) is 59.4 Å². The quantitative estimate of drug-likeness (QED) is 0.851. The topological polar surface area (TPSA) is 75.6 Å². The van der Waals surface area contributed by atoms with Gasteiger partial charge in [-0.15, -0.1) is 0 Å². The van der Waals surface area contributed by atoms with Crippen LogP contribution in [-0.4, -0.2) is 24.1 Å². The largest absolute Gasteiger partial charge is 0.507 e. The van der Waals surface area contributed by atoms with Gasteiger partial charge in [-0.1, -0.05) is 6.07 Å². The zero-order valence-corrected chi connectivity index (χ0v) is 11.1. The Morgan fingerprint density at radius 2 is 1.95 bits per heavy atom. The number of rotatable bonds is 3. The fourth-order valence-electron chi connectivity index (χ4n) is 1.73. The lowest BCUT2D eigenvalue weighted by Gasteiger charge is -2.08. The second-order valence-corrected chi connectivity index (χ2v) is 4.19. The molecule has 0 saturated carbocycles. The number of phenolic OH excluding ortho intramolecular Hbond substituents is 1. The fourth-order valence-corrected chi connectivity index (χ4v) is 1.73. The van der Waals surface area contributed by atoms with Gasteiger partial charge in [0.05, 0.1) is 18.2 Å². The second-order valence-electron chi connectivity index (χ2n) is 4.19. The van der Waals surface area contributed by atoms with E-state index in [4.69, 9.17) is 0 Å². The SMILES string of the molecule is COC(=O)c1cccc(NC(=O)c2cc(F)ccc2O)c1. The third-order valence-electron chi connectivity index (χ3n) is 2.74. The van der Waals surface area contributed by atoms with E-state index in [1.165, 1.54) is 19.2 Å². The molecular formula is C15H12FNO4. The highest BCUT2D eigenvalue weighted by Gasteiger charge is 2.13. The van der Waals surface area contributed by atoms with Crippen LogP contribution in [0.15, 0.2) is 42.5 Å². The Labute approximate surface area is 120 Å². The number of aromatic hydroxyl groups is 1. The molecule has 5 nitrogen and oxygen atoms in total. The molecule has 1 amide bonds. The van der Waals surface area contributed by atoms with Gasteiger partial charge in [-0.25, -0.2) is 9.18 Å². The van der Waals surface area contributed by atoms with Crippen molar-refractivity contribution in [1.29, 1.82) is 0 Å². The molecule has 0 radical (unpaired) electrons. The van der Waals surface area contributed by atoms with Crippen LogP contribution in [0.25, 0.3) is 0 Å². The molecule has 0 spiro atoms. The molecule has 2 rings (SSSR count). The average Bonchev–Trinajstić information content (AvgIpc) is 2.49. The van der Waals surface area contributed by atoms with Crippen LogP contribution < -0.4 is 5.32 Å². The summed E-state index contributed by atoms with van der Waals surface area (Å²) in [5.74, 6) is -2.20. The van der Waals surface area contributed by atoms with E-state index in [1.54, 1.807) is 12.1 Å². The summed E-state index contributed by atoms with van der Waals surface area (Å²) in [6, 6.07) is 9.13. The summed E-state index contributed by atoms with van der Waals surface area (Å²) in [7, 11) is 1.25. The first-order valence-electron chi connectivity index (χ1n) is 5.99. The standard InChI is InChI=1S/C15H12FNO4/c1-21-15(20)9-3-2-4-11(7-9)17-14(19)12-8-10(16)5-6-13(12)18/h2-8,18H,1H3,(H,17,19). The van der Waals surface area contributed by atoms with Gasteiger partial charge in [0.15, 0.2) is 0 Å². The number of hydrogen-bond acceptors (Lipinski definition) is 4. The fraction of sp³-hybridized carbons (Fsp3) is 0.0667. The van der Waals surface area contributed by atoms with Crippen LogP contribution in [0.2, 0.25) is 0 Å². The first kappa shape index (κ1) is 14.5. The molecule has 6 heteroatoms. The molecule has 0 fully saturated rings. The van der Waals surface area contributed by atoms with Crippen molar-refractivity contribution in [1.82, 2.24) is 0 Å². The van der Waals surface area contributed by atoms with Crippen LogP contribution in [-0.2, 0) is 4.74 Å². The number of nitrogens with one attached hydrogen (secondary N) is 1.